The molecule has 0 aromatic heterocycles. The summed E-state index contributed by atoms with van der Waals surface area (Å²) in [6, 6.07) is 1.59. The van der Waals surface area contributed by atoms with Gasteiger partial charge in [0, 0.05) is 11.4 Å². The molecule has 0 nitrogen and oxygen atoms in total. The highest BCUT2D eigenvalue weighted by atomic mass is 79.9. The summed E-state index contributed by atoms with van der Waals surface area (Å²) < 4.78 is 38.6. The fourth-order valence-corrected chi connectivity index (χ4v) is 2.34. The van der Waals surface area contributed by atoms with Crippen molar-refractivity contribution in [1.82, 2.24) is 0 Å². The smallest absolute Gasteiger partial charge is 0.161 e. The number of benzene rings is 1. The molecule has 0 saturated heterocycles. The third kappa shape index (κ3) is 1.67. The minimum Gasteiger partial charge on any atom is -0.207 e. The van der Waals surface area contributed by atoms with Gasteiger partial charge in [-0.3, -0.25) is 0 Å². The Labute approximate surface area is 88.2 Å². The largest absolute Gasteiger partial charge is 0.207 e. The van der Waals surface area contributed by atoms with Crippen molar-refractivity contribution >= 4 is 15.9 Å². The number of alkyl halides is 1. The number of hydrogen-bond acceptors (Lipinski definition) is 0. The molecule has 0 bridgehead atoms. The van der Waals surface area contributed by atoms with E-state index in [1.807, 2.05) is 0 Å². The normalized spacial score (nSPS) is 25.1. The second kappa shape index (κ2) is 3.57. The molecule has 0 heterocycles. The van der Waals surface area contributed by atoms with E-state index in [0.717, 1.165) is 17.8 Å². The summed E-state index contributed by atoms with van der Waals surface area (Å²) in [6.45, 7) is 0. The quantitative estimate of drug-likeness (QED) is 0.566. The van der Waals surface area contributed by atoms with E-state index in [1.165, 1.54) is 0 Å². The first-order chi connectivity index (χ1) is 6.63. The van der Waals surface area contributed by atoms with Gasteiger partial charge in [-0.2, -0.15) is 0 Å². The first-order valence-electron chi connectivity index (χ1n) is 4.34. The van der Waals surface area contributed by atoms with Crippen LogP contribution in [0.15, 0.2) is 12.1 Å². The summed E-state index contributed by atoms with van der Waals surface area (Å²) in [5.41, 5.74) is 0.299. The third-order valence-electron chi connectivity index (χ3n) is 2.56. The topological polar surface area (TPSA) is 0 Å². The molecule has 76 valence electrons. The van der Waals surface area contributed by atoms with Crippen molar-refractivity contribution in [3.05, 3.63) is 35.1 Å². The van der Waals surface area contributed by atoms with Crippen molar-refractivity contribution < 1.29 is 13.2 Å². The van der Waals surface area contributed by atoms with Gasteiger partial charge in [0.1, 0.15) is 5.82 Å². The van der Waals surface area contributed by atoms with Crippen LogP contribution in [0.4, 0.5) is 13.2 Å². The van der Waals surface area contributed by atoms with Crippen LogP contribution >= 0.6 is 15.9 Å². The highest BCUT2D eigenvalue weighted by Gasteiger charge is 2.39. The van der Waals surface area contributed by atoms with Crippen LogP contribution in [0.1, 0.15) is 17.9 Å². The van der Waals surface area contributed by atoms with Gasteiger partial charge in [-0.25, -0.2) is 13.2 Å². The van der Waals surface area contributed by atoms with Crippen molar-refractivity contribution in [1.29, 1.82) is 0 Å². The van der Waals surface area contributed by atoms with E-state index in [1.54, 1.807) is 0 Å². The molecule has 2 rings (SSSR count). The van der Waals surface area contributed by atoms with Crippen LogP contribution in [-0.2, 0) is 0 Å². The van der Waals surface area contributed by atoms with Gasteiger partial charge in [0.05, 0.1) is 0 Å². The van der Waals surface area contributed by atoms with Crippen molar-refractivity contribution in [2.45, 2.75) is 12.3 Å². The molecule has 4 heteroatoms. The molecule has 2 unspecified atom stereocenters. The van der Waals surface area contributed by atoms with Crippen molar-refractivity contribution in [2.75, 3.05) is 5.33 Å². The Bertz CT molecular complexity index is 365. The second-order valence-electron chi connectivity index (χ2n) is 3.54. The number of rotatable bonds is 2. The second-order valence-corrected chi connectivity index (χ2v) is 4.19. The van der Waals surface area contributed by atoms with Gasteiger partial charge in [-0.05, 0) is 29.9 Å². The Morgan fingerprint density at radius 1 is 1.14 bits per heavy atom. The molecule has 0 amide bonds. The minimum atomic E-state index is -1.12. The SMILES string of the molecule is Fc1cc(F)c(C2CC2CBr)cc1F. The summed E-state index contributed by atoms with van der Waals surface area (Å²) in [4.78, 5) is 0. The minimum absolute atomic E-state index is 0.0458. The molecule has 0 radical (unpaired) electrons. The molecule has 1 aromatic carbocycles. The Hall–Kier alpha value is -0.510. The van der Waals surface area contributed by atoms with E-state index < -0.39 is 17.5 Å². The lowest BCUT2D eigenvalue weighted by Crippen LogP contribution is -1.95. The lowest BCUT2D eigenvalue weighted by molar-refractivity contribution is 0.489. The molecule has 0 aliphatic heterocycles. The zero-order chi connectivity index (χ0) is 10.3. The van der Waals surface area contributed by atoms with Gasteiger partial charge in [0.2, 0.25) is 0 Å². The summed E-state index contributed by atoms with van der Waals surface area (Å²) in [5.74, 6) is -2.33. The molecule has 1 aliphatic rings. The molecule has 1 aromatic rings. The number of hydrogen-bond donors (Lipinski definition) is 0. The van der Waals surface area contributed by atoms with Crippen LogP contribution in [0.25, 0.3) is 0 Å². The first-order valence-corrected chi connectivity index (χ1v) is 5.46. The van der Waals surface area contributed by atoms with E-state index in [0.29, 0.717) is 17.5 Å². The third-order valence-corrected chi connectivity index (χ3v) is 3.39. The first kappa shape index (κ1) is 10.0. The molecule has 0 N–H and O–H groups in total. The average Bonchev–Trinajstić information content (AvgIpc) is 2.90. The summed E-state index contributed by atoms with van der Waals surface area (Å²) in [6.07, 6.45) is 0.841. The highest BCUT2D eigenvalue weighted by molar-refractivity contribution is 9.09. The van der Waals surface area contributed by atoms with Crippen molar-refractivity contribution in [3.8, 4) is 0 Å². The van der Waals surface area contributed by atoms with Gasteiger partial charge in [-0.15, -0.1) is 0 Å². The molecule has 0 spiro atoms. The van der Waals surface area contributed by atoms with Gasteiger partial charge in [0.15, 0.2) is 11.6 Å². The standard InChI is InChI=1S/C10H8BrF3/c11-4-5-1-6(5)7-2-9(13)10(14)3-8(7)12/h2-3,5-6H,1,4H2. The predicted molar refractivity (Wildman–Crippen MR) is 51.0 cm³/mol. The summed E-state index contributed by atoms with van der Waals surface area (Å²) >= 11 is 3.28. The zero-order valence-electron chi connectivity index (χ0n) is 7.24. The molecule has 14 heavy (non-hydrogen) atoms. The van der Waals surface area contributed by atoms with Crippen molar-refractivity contribution in [2.24, 2.45) is 5.92 Å². The van der Waals surface area contributed by atoms with Crippen LogP contribution < -0.4 is 0 Å². The average molecular weight is 265 g/mol. The number of halogens is 4. The van der Waals surface area contributed by atoms with Crippen LogP contribution in [0, 0.1) is 23.4 Å². The van der Waals surface area contributed by atoms with Gasteiger partial charge in [-0.1, -0.05) is 15.9 Å². The fourth-order valence-electron chi connectivity index (χ4n) is 1.62. The van der Waals surface area contributed by atoms with E-state index in [9.17, 15) is 13.2 Å². The van der Waals surface area contributed by atoms with Crippen LogP contribution in [-0.4, -0.2) is 5.33 Å². The van der Waals surface area contributed by atoms with Gasteiger partial charge >= 0.3 is 0 Å². The monoisotopic (exact) mass is 264 g/mol. The molecular formula is C10H8BrF3. The summed E-state index contributed by atoms with van der Waals surface area (Å²) in [7, 11) is 0. The highest BCUT2D eigenvalue weighted by Crippen LogP contribution is 2.49. The van der Waals surface area contributed by atoms with Crippen LogP contribution in [0.5, 0.6) is 0 Å². The maximum absolute atomic E-state index is 13.2. The van der Waals surface area contributed by atoms with E-state index >= 15 is 0 Å². The molecule has 1 aliphatic carbocycles. The Morgan fingerprint density at radius 3 is 2.36 bits per heavy atom. The lowest BCUT2D eigenvalue weighted by atomic mass is 10.1. The maximum atomic E-state index is 13.2. The van der Waals surface area contributed by atoms with E-state index in [2.05, 4.69) is 15.9 Å². The molecule has 2 atom stereocenters. The Kier molecular flexibility index (Phi) is 2.56. The van der Waals surface area contributed by atoms with E-state index in [-0.39, 0.29) is 5.92 Å². The Balaban J connectivity index is 2.31. The molecule has 1 fully saturated rings. The van der Waals surface area contributed by atoms with Crippen LogP contribution in [0.2, 0.25) is 0 Å². The fraction of sp³-hybridized carbons (Fsp3) is 0.400. The van der Waals surface area contributed by atoms with Crippen LogP contribution in [0.3, 0.4) is 0 Å². The maximum Gasteiger partial charge on any atom is 0.161 e. The summed E-state index contributed by atoms with van der Waals surface area (Å²) in [5, 5.41) is 0.774. The van der Waals surface area contributed by atoms with E-state index in [4.69, 9.17) is 0 Å². The van der Waals surface area contributed by atoms with Crippen molar-refractivity contribution in [3.63, 3.8) is 0 Å². The van der Waals surface area contributed by atoms with Gasteiger partial charge < -0.3 is 0 Å². The molecule has 1 saturated carbocycles. The Morgan fingerprint density at radius 2 is 1.79 bits per heavy atom. The molecular weight excluding hydrogens is 257 g/mol. The lowest BCUT2D eigenvalue weighted by Gasteiger charge is -2.02. The predicted octanol–water partition coefficient (Wildman–Crippen LogP) is 3.60. The van der Waals surface area contributed by atoms with Gasteiger partial charge in [0.25, 0.3) is 0 Å². The zero-order valence-corrected chi connectivity index (χ0v) is 8.82.